The molecule has 0 saturated carbocycles. The SMILES string of the molecule is CCC(C#N)S(=O)(=O)N1CCCC(C)(C)C1C(=O)O. The fraction of sp³-hybridized carbons (Fsp3) is 0.833. The fourth-order valence-corrected chi connectivity index (χ4v) is 4.54. The third-order valence-electron chi connectivity index (χ3n) is 3.66. The summed E-state index contributed by atoms with van der Waals surface area (Å²) in [4.78, 5) is 11.4. The van der Waals surface area contributed by atoms with E-state index in [1.165, 1.54) is 0 Å². The van der Waals surface area contributed by atoms with Crippen LogP contribution in [-0.4, -0.2) is 41.6 Å². The number of nitriles is 1. The van der Waals surface area contributed by atoms with Gasteiger partial charge in [-0.15, -0.1) is 0 Å². The van der Waals surface area contributed by atoms with E-state index in [1.807, 2.05) is 0 Å². The van der Waals surface area contributed by atoms with E-state index >= 15 is 0 Å². The molecule has 1 saturated heterocycles. The Bertz CT molecular complexity index is 492. The van der Waals surface area contributed by atoms with Gasteiger partial charge in [0.05, 0.1) is 6.07 Å². The van der Waals surface area contributed by atoms with Gasteiger partial charge in [0.1, 0.15) is 6.04 Å². The molecule has 0 aromatic carbocycles. The highest BCUT2D eigenvalue weighted by Gasteiger charge is 2.48. The van der Waals surface area contributed by atoms with Crippen LogP contribution < -0.4 is 0 Å². The van der Waals surface area contributed by atoms with Gasteiger partial charge in [0, 0.05) is 6.54 Å². The number of rotatable bonds is 4. The molecule has 1 aliphatic rings. The predicted molar refractivity (Wildman–Crippen MR) is 69.8 cm³/mol. The number of carboxylic acids is 1. The second-order valence-electron chi connectivity index (χ2n) is 5.51. The van der Waals surface area contributed by atoms with E-state index in [0.29, 0.717) is 12.8 Å². The maximum absolute atomic E-state index is 12.4. The quantitative estimate of drug-likeness (QED) is 0.838. The fourth-order valence-electron chi connectivity index (χ4n) is 2.61. The first kappa shape index (κ1) is 15.9. The molecule has 1 aliphatic heterocycles. The number of hydrogen-bond donors (Lipinski definition) is 1. The van der Waals surface area contributed by atoms with Crippen LogP contribution in [0, 0.1) is 16.7 Å². The maximum atomic E-state index is 12.4. The molecule has 2 unspecified atom stereocenters. The van der Waals surface area contributed by atoms with Crippen LogP contribution in [0.15, 0.2) is 0 Å². The molecule has 2 atom stereocenters. The van der Waals surface area contributed by atoms with Gasteiger partial charge in [-0.3, -0.25) is 4.79 Å². The molecule has 1 heterocycles. The highest BCUT2D eigenvalue weighted by atomic mass is 32.2. The van der Waals surface area contributed by atoms with Crippen molar-refractivity contribution in [1.29, 1.82) is 5.26 Å². The minimum Gasteiger partial charge on any atom is -0.480 e. The van der Waals surface area contributed by atoms with Gasteiger partial charge in [0.25, 0.3) is 0 Å². The summed E-state index contributed by atoms with van der Waals surface area (Å²) in [5.74, 6) is -1.15. The molecule has 0 aliphatic carbocycles. The van der Waals surface area contributed by atoms with E-state index in [9.17, 15) is 18.3 Å². The van der Waals surface area contributed by atoms with Gasteiger partial charge in [0.2, 0.25) is 10.0 Å². The normalized spacial score (nSPS) is 25.5. The summed E-state index contributed by atoms with van der Waals surface area (Å²) < 4.78 is 25.8. The Kier molecular flexibility index (Phi) is 4.59. The van der Waals surface area contributed by atoms with Crippen LogP contribution >= 0.6 is 0 Å². The molecule has 0 aromatic heterocycles. The van der Waals surface area contributed by atoms with E-state index in [0.717, 1.165) is 4.31 Å². The molecule has 0 spiro atoms. The minimum absolute atomic E-state index is 0.155. The van der Waals surface area contributed by atoms with Gasteiger partial charge in [-0.1, -0.05) is 20.8 Å². The number of sulfonamides is 1. The number of nitrogens with zero attached hydrogens (tertiary/aromatic N) is 2. The Hall–Kier alpha value is -1.13. The van der Waals surface area contributed by atoms with Crippen molar-refractivity contribution in [3.05, 3.63) is 0 Å². The van der Waals surface area contributed by atoms with E-state index in [1.54, 1.807) is 26.8 Å². The summed E-state index contributed by atoms with van der Waals surface area (Å²) in [7, 11) is -3.90. The van der Waals surface area contributed by atoms with Crippen LogP contribution in [0.4, 0.5) is 0 Å². The number of carbonyl (C=O) groups is 1. The summed E-state index contributed by atoms with van der Waals surface area (Å²) >= 11 is 0. The van der Waals surface area contributed by atoms with Crippen LogP contribution in [0.1, 0.15) is 40.0 Å². The lowest BCUT2D eigenvalue weighted by Gasteiger charge is -2.43. The van der Waals surface area contributed by atoms with Gasteiger partial charge in [0.15, 0.2) is 5.25 Å². The molecule has 6 nitrogen and oxygen atoms in total. The van der Waals surface area contributed by atoms with Gasteiger partial charge in [-0.05, 0) is 24.7 Å². The lowest BCUT2D eigenvalue weighted by atomic mass is 9.77. The van der Waals surface area contributed by atoms with Gasteiger partial charge in [-0.2, -0.15) is 9.57 Å². The molecule has 1 fully saturated rings. The summed E-state index contributed by atoms with van der Waals surface area (Å²) in [6, 6.07) is 0.650. The van der Waals surface area contributed by atoms with Gasteiger partial charge in [-0.25, -0.2) is 8.42 Å². The van der Waals surface area contributed by atoms with Crippen LogP contribution in [0.3, 0.4) is 0 Å². The van der Waals surface area contributed by atoms with E-state index in [4.69, 9.17) is 5.26 Å². The first-order chi connectivity index (χ1) is 8.68. The van der Waals surface area contributed by atoms with Crippen molar-refractivity contribution in [2.24, 2.45) is 5.41 Å². The standard InChI is InChI=1S/C12H20N2O4S/c1-4-9(8-13)19(17,18)14-7-5-6-12(2,3)10(14)11(15)16/h9-10H,4-7H2,1-3H3,(H,15,16). The van der Waals surface area contributed by atoms with Crippen LogP contribution in [0.5, 0.6) is 0 Å². The average molecular weight is 288 g/mol. The number of hydrogen-bond acceptors (Lipinski definition) is 4. The highest BCUT2D eigenvalue weighted by molar-refractivity contribution is 7.90. The Morgan fingerprint density at radius 3 is 2.58 bits per heavy atom. The Morgan fingerprint density at radius 1 is 1.58 bits per heavy atom. The molecular formula is C12H20N2O4S. The summed E-state index contributed by atoms with van der Waals surface area (Å²) in [5, 5.41) is 17.1. The third kappa shape index (κ3) is 2.90. The molecule has 108 valence electrons. The lowest BCUT2D eigenvalue weighted by molar-refractivity contribution is -0.147. The van der Waals surface area contributed by atoms with Crippen LogP contribution in [0.2, 0.25) is 0 Å². The number of aliphatic carboxylic acids is 1. The second kappa shape index (κ2) is 5.47. The summed E-state index contributed by atoms with van der Waals surface area (Å²) in [6.45, 7) is 5.28. The Morgan fingerprint density at radius 2 is 2.16 bits per heavy atom. The van der Waals surface area contributed by atoms with Crippen molar-refractivity contribution in [3.63, 3.8) is 0 Å². The molecule has 1 rings (SSSR count). The zero-order chi connectivity index (χ0) is 14.8. The zero-order valence-electron chi connectivity index (χ0n) is 11.5. The van der Waals surface area contributed by atoms with Crippen molar-refractivity contribution in [2.75, 3.05) is 6.54 Å². The smallest absolute Gasteiger partial charge is 0.322 e. The first-order valence-electron chi connectivity index (χ1n) is 6.31. The first-order valence-corrected chi connectivity index (χ1v) is 7.82. The monoisotopic (exact) mass is 288 g/mol. The largest absolute Gasteiger partial charge is 0.480 e. The van der Waals surface area contributed by atoms with Crippen LogP contribution in [0.25, 0.3) is 0 Å². The highest BCUT2D eigenvalue weighted by Crippen LogP contribution is 2.37. The predicted octanol–water partition coefficient (Wildman–Crippen LogP) is 1.19. The molecule has 7 heteroatoms. The van der Waals surface area contributed by atoms with E-state index in [2.05, 4.69) is 0 Å². The maximum Gasteiger partial charge on any atom is 0.322 e. The Labute approximate surface area is 114 Å². The van der Waals surface area contributed by atoms with Crippen molar-refractivity contribution >= 4 is 16.0 Å². The zero-order valence-corrected chi connectivity index (χ0v) is 12.3. The average Bonchev–Trinajstić information content (AvgIpc) is 2.27. The van der Waals surface area contributed by atoms with Crippen molar-refractivity contribution in [1.82, 2.24) is 4.31 Å². The topological polar surface area (TPSA) is 98.5 Å². The van der Waals surface area contributed by atoms with E-state index in [-0.39, 0.29) is 13.0 Å². The molecule has 0 amide bonds. The van der Waals surface area contributed by atoms with Crippen LogP contribution in [-0.2, 0) is 14.8 Å². The van der Waals surface area contributed by atoms with Crippen molar-refractivity contribution in [2.45, 2.75) is 51.3 Å². The molecule has 0 aromatic rings. The molecule has 0 bridgehead atoms. The lowest BCUT2D eigenvalue weighted by Crippen LogP contribution is -2.57. The molecule has 0 radical (unpaired) electrons. The number of piperidine rings is 1. The van der Waals surface area contributed by atoms with Crippen molar-refractivity contribution < 1.29 is 18.3 Å². The van der Waals surface area contributed by atoms with E-state index < -0.39 is 32.7 Å². The summed E-state index contributed by atoms with van der Waals surface area (Å²) in [6.07, 6.45) is 1.42. The second-order valence-corrected chi connectivity index (χ2v) is 7.58. The minimum atomic E-state index is -3.90. The van der Waals surface area contributed by atoms with Gasteiger partial charge < -0.3 is 5.11 Å². The third-order valence-corrected chi connectivity index (χ3v) is 5.87. The molecular weight excluding hydrogens is 268 g/mol. The van der Waals surface area contributed by atoms with Gasteiger partial charge >= 0.3 is 5.97 Å². The summed E-state index contributed by atoms with van der Waals surface area (Å²) in [5.41, 5.74) is -0.634. The number of carboxylic acid groups (broad SMARTS) is 1. The molecule has 1 N–H and O–H groups in total. The van der Waals surface area contributed by atoms with Crippen molar-refractivity contribution in [3.8, 4) is 6.07 Å². The Balaban J connectivity index is 3.24. The molecule has 19 heavy (non-hydrogen) atoms.